The molecule has 0 spiro atoms. The Hall–Kier alpha value is -3.61. The fraction of sp³-hybridized carbons (Fsp3) is 0.393. The number of halogens is 4. The third kappa shape index (κ3) is 5.64. The van der Waals surface area contributed by atoms with Crippen molar-refractivity contribution in [3.63, 3.8) is 0 Å². The normalized spacial score (nSPS) is 21.1. The number of nitrogens with zero attached hydrogens (tertiary/aromatic N) is 4. The highest BCUT2D eigenvalue weighted by Crippen LogP contribution is 2.44. The van der Waals surface area contributed by atoms with Crippen LogP contribution in [0.25, 0.3) is 11.3 Å². The molecule has 0 aliphatic carbocycles. The number of ether oxygens (including phenoxy) is 3. The van der Waals surface area contributed by atoms with E-state index in [0.717, 1.165) is 12.1 Å². The van der Waals surface area contributed by atoms with Crippen molar-refractivity contribution in [3.8, 4) is 17.1 Å². The van der Waals surface area contributed by atoms with E-state index >= 15 is 0 Å². The van der Waals surface area contributed by atoms with Crippen LogP contribution in [-0.2, 0) is 15.7 Å². The number of hydrogen-bond acceptors (Lipinski definition) is 7. The van der Waals surface area contributed by atoms with Gasteiger partial charge in [-0.25, -0.2) is 9.78 Å². The van der Waals surface area contributed by atoms with Gasteiger partial charge in [0, 0.05) is 24.7 Å². The number of benzene rings is 1. The van der Waals surface area contributed by atoms with E-state index in [9.17, 15) is 18.0 Å². The van der Waals surface area contributed by atoms with E-state index in [-0.39, 0.29) is 40.9 Å². The van der Waals surface area contributed by atoms with E-state index in [1.165, 1.54) is 17.0 Å². The molecule has 3 aliphatic rings. The smallest absolute Gasteiger partial charge is 0.416 e. The van der Waals surface area contributed by atoms with E-state index < -0.39 is 23.6 Å². The molecular weight excluding hydrogens is 563 g/mol. The number of anilines is 3. The molecule has 2 aromatic heterocycles. The summed E-state index contributed by atoms with van der Waals surface area (Å²) in [6.45, 7) is 5.56. The lowest BCUT2D eigenvalue weighted by atomic mass is 10.1. The van der Waals surface area contributed by atoms with Gasteiger partial charge in [-0.2, -0.15) is 18.2 Å². The van der Waals surface area contributed by atoms with Crippen LogP contribution in [0.15, 0.2) is 48.5 Å². The molecular formula is C28H27ClF3N5O4. The van der Waals surface area contributed by atoms with Gasteiger partial charge in [-0.15, -0.1) is 0 Å². The number of hydrogen-bond donors (Lipinski definition) is 1. The Balaban J connectivity index is 1.25. The zero-order valence-corrected chi connectivity index (χ0v) is 23.0. The summed E-state index contributed by atoms with van der Waals surface area (Å²) in [5.74, 6) is 0.225. The van der Waals surface area contributed by atoms with Gasteiger partial charge >= 0.3 is 12.2 Å². The van der Waals surface area contributed by atoms with E-state index in [1.807, 2.05) is 13.8 Å². The maximum Gasteiger partial charge on any atom is 0.416 e. The Morgan fingerprint density at radius 2 is 2.00 bits per heavy atom. The van der Waals surface area contributed by atoms with Crippen molar-refractivity contribution in [3.05, 3.63) is 59.1 Å². The van der Waals surface area contributed by atoms with Crippen molar-refractivity contribution >= 4 is 35.0 Å². The predicted octanol–water partition coefficient (Wildman–Crippen LogP) is 5.98. The minimum absolute atomic E-state index is 0.159. The zero-order valence-electron chi connectivity index (χ0n) is 22.2. The largest absolute Gasteiger partial charge is 0.475 e. The molecule has 41 heavy (non-hydrogen) atoms. The number of nitrogens with one attached hydrogen (secondary N) is 1. The van der Waals surface area contributed by atoms with Crippen LogP contribution in [0.1, 0.15) is 25.8 Å². The maximum atomic E-state index is 13.6. The third-order valence-corrected chi connectivity index (χ3v) is 7.45. The summed E-state index contributed by atoms with van der Waals surface area (Å²) >= 11 is 6.53. The number of carbonyl (C=O) groups excluding carboxylic acids is 1. The van der Waals surface area contributed by atoms with Gasteiger partial charge < -0.3 is 19.1 Å². The van der Waals surface area contributed by atoms with Gasteiger partial charge in [-0.1, -0.05) is 29.8 Å². The van der Waals surface area contributed by atoms with Gasteiger partial charge in [0.2, 0.25) is 5.88 Å². The van der Waals surface area contributed by atoms with Crippen LogP contribution < -0.4 is 19.9 Å². The molecule has 3 aromatic rings. The van der Waals surface area contributed by atoms with Crippen molar-refractivity contribution < 1.29 is 32.2 Å². The molecule has 13 heteroatoms. The summed E-state index contributed by atoms with van der Waals surface area (Å²) in [7, 11) is 0. The van der Waals surface area contributed by atoms with Crippen molar-refractivity contribution in [1.29, 1.82) is 0 Å². The summed E-state index contributed by atoms with van der Waals surface area (Å²) < 4.78 is 57.2. The molecule has 5 heterocycles. The molecule has 2 atom stereocenters. The lowest BCUT2D eigenvalue weighted by Crippen LogP contribution is -2.48. The molecule has 0 saturated carbocycles. The van der Waals surface area contributed by atoms with Crippen molar-refractivity contribution in [1.82, 2.24) is 9.97 Å². The van der Waals surface area contributed by atoms with E-state index in [1.54, 1.807) is 24.3 Å². The van der Waals surface area contributed by atoms with Crippen LogP contribution in [0.5, 0.6) is 5.88 Å². The van der Waals surface area contributed by atoms with Crippen LogP contribution >= 0.6 is 11.6 Å². The number of rotatable bonds is 5. The summed E-state index contributed by atoms with van der Waals surface area (Å²) in [6.07, 6.45) is -4.08. The maximum absolute atomic E-state index is 13.6. The molecule has 0 radical (unpaired) electrons. The highest BCUT2D eigenvalue weighted by Gasteiger charge is 2.41. The van der Waals surface area contributed by atoms with Crippen LogP contribution in [-0.4, -0.2) is 60.2 Å². The second-order valence-electron chi connectivity index (χ2n) is 10.6. The van der Waals surface area contributed by atoms with E-state index in [2.05, 4.69) is 20.2 Å². The van der Waals surface area contributed by atoms with E-state index in [0.29, 0.717) is 43.5 Å². The average molecular weight is 590 g/mol. The fourth-order valence-corrected chi connectivity index (χ4v) is 5.54. The standard InChI is InChI=1S/C28H27ClF3N5O4/c1-27(2)40-15-19(41-27)14-39-23-8-4-7-22(33-23)34-26(38)37-18-9-10-36(13-18)21-12-20(29)24(35-25(21)37)16-5-3-6-17(11-16)28(30,31)32/h3-8,11-12,18-19H,9-10,13-15H2,1-2H3,(H,33,34,38)/t18-,19?/m0/s1. The first-order valence-electron chi connectivity index (χ1n) is 13.1. The van der Waals surface area contributed by atoms with Gasteiger partial charge in [-0.3, -0.25) is 10.2 Å². The second-order valence-corrected chi connectivity index (χ2v) is 11.0. The fourth-order valence-electron chi connectivity index (χ4n) is 5.29. The molecule has 1 aromatic carbocycles. The van der Waals surface area contributed by atoms with Gasteiger partial charge in [0.1, 0.15) is 18.5 Å². The Bertz CT molecular complexity index is 1490. The molecule has 2 fully saturated rings. The first kappa shape index (κ1) is 27.6. The summed E-state index contributed by atoms with van der Waals surface area (Å²) in [5, 5.41) is 3.01. The molecule has 2 bridgehead atoms. The Morgan fingerprint density at radius 1 is 1.20 bits per heavy atom. The van der Waals surface area contributed by atoms with Crippen LogP contribution in [0, 0.1) is 0 Å². The van der Waals surface area contributed by atoms with Crippen molar-refractivity contribution in [2.45, 2.75) is 44.4 Å². The number of carbonyl (C=O) groups is 1. The predicted molar refractivity (Wildman–Crippen MR) is 146 cm³/mol. The van der Waals surface area contributed by atoms with Crippen molar-refractivity contribution in [2.75, 3.05) is 41.4 Å². The van der Waals surface area contributed by atoms with Crippen LogP contribution in [0.3, 0.4) is 0 Å². The summed E-state index contributed by atoms with van der Waals surface area (Å²) in [5.41, 5.74) is 0.188. The topological polar surface area (TPSA) is 89.1 Å². The van der Waals surface area contributed by atoms with Gasteiger partial charge in [0.15, 0.2) is 11.6 Å². The Labute approximate surface area is 239 Å². The minimum Gasteiger partial charge on any atom is -0.475 e. The molecule has 6 rings (SSSR count). The highest BCUT2D eigenvalue weighted by atomic mass is 35.5. The molecule has 216 valence electrons. The van der Waals surface area contributed by atoms with Gasteiger partial charge in [0.05, 0.1) is 34.6 Å². The second kappa shape index (κ2) is 10.3. The Kier molecular flexibility index (Phi) is 6.95. The SMILES string of the molecule is CC1(C)OCC(COc2cccc(NC(=O)N3c4nc(-c5cccc(C(F)(F)F)c5)c(Cl)cc4N4CC[C@H]3C4)n2)O1. The van der Waals surface area contributed by atoms with Crippen LogP contribution in [0.2, 0.25) is 5.02 Å². The van der Waals surface area contributed by atoms with Gasteiger partial charge in [0.25, 0.3) is 0 Å². The van der Waals surface area contributed by atoms with Crippen LogP contribution in [0.4, 0.5) is 35.3 Å². The molecule has 2 amide bonds. The number of urea groups is 1. The molecule has 2 saturated heterocycles. The molecule has 1 N–H and O–H groups in total. The van der Waals surface area contributed by atoms with Crippen molar-refractivity contribution in [2.24, 2.45) is 0 Å². The lowest BCUT2D eigenvalue weighted by Gasteiger charge is -2.36. The average Bonchev–Trinajstić information content (AvgIpc) is 3.50. The number of alkyl halides is 3. The van der Waals surface area contributed by atoms with E-state index in [4.69, 9.17) is 25.8 Å². The first-order valence-corrected chi connectivity index (χ1v) is 13.5. The number of aromatic nitrogens is 2. The highest BCUT2D eigenvalue weighted by molar-refractivity contribution is 6.33. The third-order valence-electron chi connectivity index (χ3n) is 7.16. The molecule has 9 nitrogen and oxygen atoms in total. The quantitative estimate of drug-likeness (QED) is 0.392. The minimum atomic E-state index is -4.52. The molecule has 1 unspecified atom stereocenters. The van der Waals surface area contributed by atoms with Gasteiger partial charge in [-0.05, 0) is 44.5 Å². The number of fused-ring (bicyclic) bond motifs is 4. The Morgan fingerprint density at radius 3 is 2.76 bits per heavy atom. The summed E-state index contributed by atoms with van der Waals surface area (Å²) in [4.78, 5) is 26.3. The lowest BCUT2D eigenvalue weighted by molar-refractivity contribution is -0.141. The monoisotopic (exact) mass is 589 g/mol. The zero-order chi connectivity index (χ0) is 28.9. The number of pyridine rings is 2. The molecule has 3 aliphatic heterocycles. The first-order chi connectivity index (χ1) is 19.5. The number of amides is 2. The summed E-state index contributed by atoms with van der Waals surface area (Å²) in [6, 6.07) is 10.8.